The van der Waals surface area contributed by atoms with Gasteiger partial charge in [0.1, 0.15) is 11.5 Å². The van der Waals surface area contributed by atoms with Gasteiger partial charge in [-0.05, 0) is 49.9 Å². The summed E-state index contributed by atoms with van der Waals surface area (Å²) in [4.78, 5) is 14.4. The Bertz CT molecular complexity index is 950. The lowest BCUT2D eigenvalue weighted by Crippen LogP contribution is -2.59. The first-order valence-corrected chi connectivity index (χ1v) is 12.1. The average Bonchev–Trinajstić information content (AvgIpc) is 2.70. The first-order valence-electron chi connectivity index (χ1n) is 10.2. The van der Waals surface area contributed by atoms with E-state index in [0.717, 1.165) is 24.0 Å². The SMILES string of the molecule is CCNC(=O)N1CCCC(NS(C)(=O)=O)C1Cc1ccccc1Oc1ccccc1. The predicted octanol–water partition coefficient (Wildman–Crippen LogP) is 3.13. The highest BCUT2D eigenvalue weighted by molar-refractivity contribution is 7.88. The minimum Gasteiger partial charge on any atom is -0.457 e. The van der Waals surface area contributed by atoms with Crippen LogP contribution in [0.1, 0.15) is 25.3 Å². The molecule has 30 heavy (non-hydrogen) atoms. The number of rotatable bonds is 7. The van der Waals surface area contributed by atoms with E-state index in [9.17, 15) is 13.2 Å². The molecule has 0 aliphatic carbocycles. The van der Waals surface area contributed by atoms with Gasteiger partial charge < -0.3 is 15.0 Å². The average molecular weight is 432 g/mol. The number of nitrogens with one attached hydrogen (secondary N) is 2. The Kier molecular flexibility index (Phi) is 7.33. The number of benzene rings is 2. The van der Waals surface area contributed by atoms with Crippen LogP contribution in [0.25, 0.3) is 0 Å². The number of sulfonamides is 1. The minimum atomic E-state index is -3.41. The first kappa shape index (κ1) is 22.1. The van der Waals surface area contributed by atoms with E-state index in [1.165, 1.54) is 0 Å². The van der Waals surface area contributed by atoms with E-state index in [-0.39, 0.29) is 18.1 Å². The molecule has 2 amide bonds. The second-order valence-corrected chi connectivity index (χ2v) is 9.24. The van der Waals surface area contributed by atoms with Crippen LogP contribution in [0.2, 0.25) is 0 Å². The highest BCUT2D eigenvalue weighted by Crippen LogP contribution is 2.29. The fraction of sp³-hybridized carbons (Fsp3) is 0.409. The number of carbonyl (C=O) groups is 1. The fourth-order valence-electron chi connectivity index (χ4n) is 3.84. The molecule has 162 valence electrons. The van der Waals surface area contributed by atoms with E-state index in [1.54, 1.807) is 4.90 Å². The molecular formula is C22H29N3O4S. The summed E-state index contributed by atoms with van der Waals surface area (Å²) in [5, 5.41) is 2.85. The molecule has 7 nitrogen and oxygen atoms in total. The molecule has 3 rings (SSSR count). The normalized spacial score (nSPS) is 19.3. The molecular weight excluding hydrogens is 402 g/mol. The van der Waals surface area contributed by atoms with Gasteiger partial charge in [0.05, 0.1) is 12.3 Å². The lowest BCUT2D eigenvalue weighted by atomic mass is 9.91. The van der Waals surface area contributed by atoms with Crippen LogP contribution < -0.4 is 14.8 Å². The molecule has 1 aliphatic rings. The summed E-state index contributed by atoms with van der Waals surface area (Å²) in [6.07, 6.45) is 3.05. The minimum absolute atomic E-state index is 0.177. The second-order valence-electron chi connectivity index (χ2n) is 7.46. The van der Waals surface area contributed by atoms with Gasteiger partial charge in [0.2, 0.25) is 10.0 Å². The highest BCUT2D eigenvalue weighted by atomic mass is 32.2. The van der Waals surface area contributed by atoms with Crippen molar-refractivity contribution in [2.24, 2.45) is 0 Å². The summed E-state index contributed by atoms with van der Waals surface area (Å²) in [6.45, 7) is 2.96. The molecule has 2 N–H and O–H groups in total. The van der Waals surface area contributed by atoms with Crippen LogP contribution in [0.4, 0.5) is 4.79 Å². The van der Waals surface area contributed by atoms with Gasteiger partial charge in [-0.3, -0.25) is 0 Å². The van der Waals surface area contributed by atoms with Gasteiger partial charge in [0.15, 0.2) is 0 Å². The number of likely N-dealkylation sites (tertiary alicyclic amines) is 1. The van der Waals surface area contributed by atoms with Gasteiger partial charge in [-0.25, -0.2) is 17.9 Å². The molecule has 2 aromatic rings. The topological polar surface area (TPSA) is 87.7 Å². The van der Waals surface area contributed by atoms with Crippen molar-refractivity contribution in [3.63, 3.8) is 0 Å². The molecule has 8 heteroatoms. The second kappa shape index (κ2) is 9.95. The summed E-state index contributed by atoms with van der Waals surface area (Å²) in [7, 11) is -3.41. The van der Waals surface area contributed by atoms with E-state index in [2.05, 4.69) is 10.0 Å². The number of nitrogens with zero attached hydrogens (tertiary/aromatic N) is 1. The quantitative estimate of drug-likeness (QED) is 0.705. The van der Waals surface area contributed by atoms with Crippen molar-refractivity contribution in [2.45, 2.75) is 38.3 Å². The molecule has 1 saturated heterocycles. The van der Waals surface area contributed by atoms with E-state index < -0.39 is 10.0 Å². The number of amides is 2. The number of hydrogen-bond acceptors (Lipinski definition) is 4. The van der Waals surface area contributed by atoms with E-state index in [4.69, 9.17) is 4.74 Å². The Hall–Kier alpha value is -2.58. The van der Waals surface area contributed by atoms with Gasteiger partial charge in [0.25, 0.3) is 0 Å². The Labute approximate surface area is 178 Å². The third-order valence-corrected chi connectivity index (χ3v) is 5.84. The van der Waals surface area contributed by atoms with Crippen LogP contribution in [0.3, 0.4) is 0 Å². The standard InChI is InChI=1S/C22H29N3O4S/c1-3-23-22(26)25-15-9-13-19(24-30(2,27)28)20(25)16-17-10-7-8-14-21(17)29-18-11-5-4-6-12-18/h4-8,10-12,14,19-20,24H,3,9,13,15-16H2,1-2H3,(H,23,26). The first-order chi connectivity index (χ1) is 14.4. The fourth-order valence-corrected chi connectivity index (χ4v) is 4.66. The zero-order chi connectivity index (χ0) is 21.6. The molecule has 0 spiro atoms. The highest BCUT2D eigenvalue weighted by Gasteiger charge is 2.36. The number of carbonyl (C=O) groups excluding carboxylic acids is 1. The Balaban J connectivity index is 1.89. The smallest absolute Gasteiger partial charge is 0.317 e. The number of piperidine rings is 1. The zero-order valence-electron chi connectivity index (χ0n) is 17.4. The van der Waals surface area contributed by atoms with Crippen molar-refractivity contribution in [3.8, 4) is 11.5 Å². The van der Waals surface area contributed by atoms with E-state index in [1.807, 2.05) is 61.5 Å². The number of ether oxygens (including phenoxy) is 1. The lowest BCUT2D eigenvalue weighted by Gasteiger charge is -2.41. The molecule has 1 fully saturated rings. The van der Waals surface area contributed by atoms with Crippen LogP contribution in [-0.2, 0) is 16.4 Å². The number of para-hydroxylation sites is 2. The Morgan fingerprint density at radius 2 is 1.83 bits per heavy atom. The van der Waals surface area contributed by atoms with Crippen molar-refractivity contribution < 1.29 is 17.9 Å². The van der Waals surface area contributed by atoms with Crippen molar-refractivity contribution in [1.29, 1.82) is 0 Å². The van der Waals surface area contributed by atoms with Crippen LogP contribution in [0.15, 0.2) is 54.6 Å². The van der Waals surface area contributed by atoms with E-state index in [0.29, 0.717) is 31.7 Å². The molecule has 0 aromatic heterocycles. The summed E-state index contributed by atoms with van der Waals surface area (Å²) in [5.41, 5.74) is 0.919. The summed E-state index contributed by atoms with van der Waals surface area (Å²) >= 11 is 0. The van der Waals surface area contributed by atoms with Crippen LogP contribution in [0, 0.1) is 0 Å². The maximum atomic E-state index is 12.7. The van der Waals surface area contributed by atoms with Crippen molar-refractivity contribution in [2.75, 3.05) is 19.3 Å². The maximum Gasteiger partial charge on any atom is 0.317 e. The van der Waals surface area contributed by atoms with Crippen molar-refractivity contribution in [3.05, 3.63) is 60.2 Å². The molecule has 1 aliphatic heterocycles. The largest absolute Gasteiger partial charge is 0.457 e. The van der Waals surface area contributed by atoms with Crippen molar-refractivity contribution >= 4 is 16.1 Å². The molecule has 2 unspecified atom stereocenters. The van der Waals surface area contributed by atoms with Gasteiger partial charge in [-0.1, -0.05) is 36.4 Å². The van der Waals surface area contributed by atoms with Crippen LogP contribution in [0.5, 0.6) is 11.5 Å². The third-order valence-electron chi connectivity index (χ3n) is 5.11. The maximum absolute atomic E-state index is 12.7. The molecule has 2 aromatic carbocycles. The number of hydrogen-bond donors (Lipinski definition) is 2. The molecule has 2 atom stereocenters. The predicted molar refractivity (Wildman–Crippen MR) is 117 cm³/mol. The summed E-state index contributed by atoms with van der Waals surface area (Å²) < 4.78 is 32.7. The van der Waals surface area contributed by atoms with Gasteiger partial charge >= 0.3 is 6.03 Å². The molecule has 0 saturated carbocycles. The lowest BCUT2D eigenvalue weighted by molar-refractivity contribution is 0.133. The van der Waals surface area contributed by atoms with Crippen molar-refractivity contribution in [1.82, 2.24) is 14.9 Å². The molecule has 0 radical (unpaired) electrons. The monoisotopic (exact) mass is 431 g/mol. The molecule has 1 heterocycles. The Morgan fingerprint density at radius 3 is 2.53 bits per heavy atom. The van der Waals surface area contributed by atoms with Gasteiger partial charge in [0, 0.05) is 19.1 Å². The summed E-state index contributed by atoms with van der Waals surface area (Å²) in [6, 6.07) is 16.3. The van der Waals surface area contributed by atoms with Crippen LogP contribution >= 0.6 is 0 Å². The summed E-state index contributed by atoms with van der Waals surface area (Å²) in [5.74, 6) is 1.42. The zero-order valence-corrected chi connectivity index (χ0v) is 18.2. The van der Waals surface area contributed by atoms with Gasteiger partial charge in [-0.2, -0.15) is 0 Å². The molecule has 0 bridgehead atoms. The third kappa shape index (κ3) is 5.96. The number of urea groups is 1. The van der Waals surface area contributed by atoms with Gasteiger partial charge in [-0.15, -0.1) is 0 Å². The van der Waals surface area contributed by atoms with E-state index >= 15 is 0 Å². The Morgan fingerprint density at radius 1 is 1.13 bits per heavy atom. The van der Waals surface area contributed by atoms with Crippen LogP contribution in [-0.4, -0.2) is 50.8 Å².